The van der Waals surface area contributed by atoms with Gasteiger partial charge >= 0.3 is 0 Å². The van der Waals surface area contributed by atoms with E-state index in [2.05, 4.69) is 106 Å². The smallest absolute Gasteiger partial charge is 0.0399 e. The summed E-state index contributed by atoms with van der Waals surface area (Å²) in [6.07, 6.45) is 0. The molecule has 0 amide bonds. The standard InChI is InChI=1S/C19H23IS/c1-18(2,3)14-8-12-17(13-9-14)21-19(4,5)15-6-10-16(20)11-7-15/h6-13H,1-5H3. The van der Waals surface area contributed by atoms with Crippen LogP contribution in [-0.2, 0) is 10.2 Å². The fourth-order valence-corrected chi connectivity index (χ4v) is 3.70. The molecule has 0 aliphatic rings. The lowest BCUT2D eigenvalue weighted by Crippen LogP contribution is -2.12. The summed E-state index contributed by atoms with van der Waals surface area (Å²) in [5.74, 6) is 0. The van der Waals surface area contributed by atoms with Crippen LogP contribution in [0, 0.1) is 3.57 Å². The minimum Gasteiger partial charge on any atom is -0.115 e. The second kappa shape index (κ2) is 6.33. The maximum Gasteiger partial charge on any atom is 0.0399 e. The van der Waals surface area contributed by atoms with E-state index in [0.29, 0.717) is 0 Å². The molecule has 2 aromatic carbocycles. The first-order chi connectivity index (χ1) is 9.68. The summed E-state index contributed by atoms with van der Waals surface area (Å²) in [7, 11) is 0. The summed E-state index contributed by atoms with van der Waals surface area (Å²) in [5.41, 5.74) is 2.97. The minimum absolute atomic E-state index is 0.0770. The topological polar surface area (TPSA) is 0 Å². The molecule has 0 saturated heterocycles. The molecule has 0 spiro atoms. The molecule has 0 atom stereocenters. The maximum absolute atomic E-state index is 2.35. The van der Waals surface area contributed by atoms with E-state index < -0.39 is 0 Å². The third-order valence-corrected chi connectivity index (χ3v) is 5.61. The molecule has 0 unspecified atom stereocenters. The molecule has 0 bridgehead atoms. The molecule has 0 radical (unpaired) electrons. The van der Waals surface area contributed by atoms with Gasteiger partial charge in [0.05, 0.1) is 0 Å². The molecule has 0 saturated carbocycles. The Hall–Kier alpha value is -0.480. The van der Waals surface area contributed by atoms with Gasteiger partial charge in [0, 0.05) is 13.2 Å². The van der Waals surface area contributed by atoms with E-state index in [4.69, 9.17) is 0 Å². The lowest BCUT2D eigenvalue weighted by molar-refractivity contribution is 0.589. The van der Waals surface area contributed by atoms with Crippen LogP contribution in [-0.4, -0.2) is 0 Å². The summed E-state index contributed by atoms with van der Waals surface area (Å²) in [4.78, 5) is 1.33. The van der Waals surface area contributed by atoms with Crippen LogP contribution in [0.1, 0.15) is 45.7 Å². The van der Waals surface area contributed by atoms with E-state index >= 15 is 0 Å². The lowest BCUT2D eigenvalue weighted by Gasteiger charge is -2.25. The Balaban J connectivity index is 2.18. The lowest BCUT2D eigenvalue weighted by atomic mass is 9.87. The van der Waals surface area contributed by atoms with E-state index in [9.17, 15) is 0 Å². The molecule has 0 aliphatic carbocycles. The van der Waals surface area contributed by atoms with Gasteiger partial charge in [-0.2, -0.15) is 0 Å². The number of benzene rings is 2. The zero-order chi connectivity index (χ0) is 15.7. The average Bonchev–Trinajstić information content (AvgIpc) is 2.38. The first kappa shape index (κ1) is 16.9. The molecule has 0 heterocycles. The molecular formula is C19H23IS. The van der Waals surface area contributed by atoms with Crippen LogP contribution in [0.4, 0.5) is 0 Å². The zero-order valence-corrected chi connectivity index (χ0v) is 16.4. The molecule has 2 rings (SSSR count). The van der Waals surface area contributed by atoms with Crippen LogP contribution in [0.15, 0.2) is 53.4 Å². The first-order valence-corrected chi connectivity index (χ1v) is 9.14. The number of hydrogen-bond donors (Lipinski definition) is 0. The number of hydrogen-bond acceptors (Lipinski definition) is 1. The number of halogens is 1. The monoisotopic (exact) mass is 410 g/mol. The quantitative estimate of drug-likeness (QED) is 0.405. The molecule has 0 aliphatic heterocycles. The van der Waals surface area contributed by atoms with E-state index in [1.54, 1.807) is 0 Å². The van der Waals surface area contributed by atoms with Crippen molar-refractivity contribution >= 4 is 34.4 Å². The molecule has 112 valence electrons. The predicted octanol–water partition coefficient (Wildman–Crippen LogP) is 6.62. The van der Waals surface area contributed by atoms with Crippen molar-refractivity contribution in [2.75, 3.05) is 0 Å². The summed E-state index contributed by atoms with van der Waals surface area (Å²) >= 11 is 4.27. The van der Waals surface area contributed by atoms with E-state index in [1.807, 2.05) is 11.8 Å². The van der Waals surface area contributed by atoms with E-state index in [0.717, 1.165) is 0 Å². The van der Waals surface area contributed by atoms with Crippen molar-refractivity contribution in [1.82, 2.24) is 0 Å². The fraction of sp³-hybridized carbons (Fsp3) is 0.368. The van der Waals surface area contributed by atoms with Crippen LogP contribution in [0.25, 0.3) is 0 Å². The van der Waals surface area contributed by atoms with Gasteiger partial charge in [-0.3, -0.25) is 0 Å². The van der Waals surface area contributed by atoms with E-state index in [-0.39, 0.29) is 10.2 Å². The van der Waals surface area contributed by atoms with Crippen LogP contribution in [0.2, 0.25) is 0 Å². The van der Waals surface area contributed by atoms with Gasteiger partial charge in [-0.1, -0.05) is 45.0 Å². The van der Waals surface area contributed by atoms with Gasteiger partial charge in [-0.05, 0) is 77.2 Å². The summed E-state index contributed by atoms with van der Waals surface area (Å²) in [6.45, 7) is 11.3. The minimum atomic E-state index is 0.0770. The summed E-state index contributed by atoms with van der Waals surface area (Å²) in [5, 5.41) is 0. The Morgan fingerprint density at radius 2 is 1.19 bits per heavy atom. The van der Waals surface area contributed by atoms with Crippen LogP contribution in [0.5, 0.6) is 0 Å². The van der Waals surface area contributed by atoms with Gasteiger partial charge < -0.3 is 0 Å². The normalized spacial score (nSPS) is 12.5. The maximum atomic E-state index is 2.35. The number of thioether (sulfide) groups is 1. The van der Waals surface area contributed by atoms with Crippen molar-refractivity contribution in [2.45, 2.75) is 49.7 Å². The van der Waals surface area contributed by atoms with Crippen molar-refractivity contribution < 1.29 is 0 Å². The van der Waals surface area contributed by atoms with Crippen LogP contribution >= 0.6 is 34.4 Å². The fourth-order valence-electron chi connectivity index (χ4n) is 2.23. The van der Waals surface area contributed by atoms with Crippen molar-refractivity contribution in [3.63, 3.8) is 0 Å². The Morgan fingerprint density at radius 1 is 0.714 bits per heavy atom. The van der Waals surface area contributed by atoms with Gasteiger partial charge in [-0.25, -0.2) is 0 Å². The van der Waals surface area contributed by atoms with E-state index in [1.165, 1.54) is 19.6 Å². The van der Waals surface area contributed by atoms with Crippen LogP contribution in [0.3, 0.4) is 0 Å². The highest BCUT2D eigenvalue weighted by Crippen LogP contribution is 2.41. The van der Waals surface area contributed by atoms with Gasteiger partial charge in [-0.15, -0.1) is 11.8 Å². The number of rotatable bonds is 3. The third kappa shape index (κ3) is 4.49. The van der Waals surface area contributed by atoms with Gasteiger partial charge in [0.25, 0.3) is 0 Å². The van der Waals surface area contributed by atoms with Gasteiger partial charge in [0.1, 0.15) is 0 Å². The largest absolute Gasteiger partial charge is 0.115 e. The zero-order valence-electron chi connectivity index (χ0n) is 13.4. The molecule has 0 fully saturated rings. The van der Waals surface area contributed by atoms with Gasteiger partial charge in [0.15, 0.2) is 0 Å². The Labute approximate surface area is 146 Å². The average molecular weight is 410 g/mol. The van der Waals surface area contributed by atoms with Crippen molar-refractivity contribution in [2.24, 2.45) is 0 Å². The highest BCUT2D eigenvalue weighted by molar-refractivity contribution is 14.1. The SMILES string of the molecule is CC(C)(C)c1ccc(SC(C)(C)c2ccc(I)cc2)cc1. The summed E-state index contributed by atoms with van der Waals surface area (Å²) in [6, 6.07) is 17.8. The highest BCUT2D eigenvalue weighted by atomic mass is 127. The molecule has 2 aromatic rings. The van der Waals surface area contributed by atoms with Crippen molar-refractivity contribution in [3.8, 4) is 0 Å². The van der Waals surface area contributed by atoms with Crippen molar-refractivity contribution in [1.29, 1.82) is 0 Å². The second-order valence-electron chi connectivity index (χ2n) is 6.89. The Bertz CT molecular complexity index is 589. The molecular weight excluding hydrogens is 387 g/mol. The predicted molar refractivity (Wildman–Crippen MR) is 103 cm³/mol. The first-order valence-electron chi connectivity index (χ1n) is 7.24. The Morgan fingerprint density at radius 3 is 1.67 bits per heavy atom. The third-order valence-electron chi connectivity index (χ3n) is 3.63. The van der Waals surface area contributed by atoms with Crippen molar-refractivity contribution in [3.05, 3.63) is 63.2 Å². The van der Waals surface area contributed by atoms with Gasteiger partial charge in [0.2, 0.25) is 0 Å². The second-order valence-corrected chi connectivity index (χ2v) is 9.84. The molecule has 0 nitrogen and oxygen atoms in total. The highest BCUT2D eigenvalue weighted by Gasteiger charge is 2.22. The molecule has 21 heavy (non-hydrogen) atoms. The molecule has 2 heteroatoms. The van der Waals surface area contributed by atoms with Crippen LogP contribution < -0.4 is 0 Å². The molecule has 0 N–H and O–H groups in total. The molecule has 0 aromatic heterocycles. The summed E-state index contributed by atoms with van der Waals surface area (Å²) < 4.78 is 1.36. The Kier molecular flexibility index (Phi) is 5.09.